The van der Waals surface area contributed by atoms with Crippen LogP contribution in [0.5, 0.6) is 0 Å². The van der Waals surface area contributed by atoms with Gasteiger partial charge in [-0.2, -0.15) is 5.10 Å². The van der Waals surface area contributed by atoms with E-state index in [1.807, 2.05) is 19.1 Å². The molecule has 0 radical (unpaired) electrons. The summed E-state index contributed by atoms with van der Waals surface area (Å²) in [4.78, 5) is 9.43. The maximum atomic E-state index is 13.1. The Bertz CT molecular complexity index is 775. The second kappa shape index (κ2) is 9.57. The summed E-state index contributed by atoms with van der Waals surface area (Å²) in [5.41, 5.74) is 3.34. The van der Waals surface area contributed by atoms with Crippen molar-refractivity contribution in [2.24, 2.45) is 4.99 Å². The molecule has 0 spiro atoms. The molecule has 1 N–H and O–H groups in total. The average Bonchev–Trinajstić information content (AvgIpc) is 3.02. The number of nitrogens with one attached hydrogen (secondary N) is 1. The molecule has 2 aromatic rings. The Kier molecular flexibility index (Phi) is 6.90. The van der Waals surface area contributed by atoms with Gasteiger partial charge in [0.25, 0.3) is 0 Å². The summed E-state index contributed by atoms with van der Waals surface area (Å²) in [5, 5.41) is 7.92. The highest BCUT2D eigenvalue weighted by atomic mass is 19.1. The zero-order chi connectivity index (χ0) is 19.9. The van der Waals surface area contributed by atoms with E-state index < -0.39 is 0 Å². The maximum absolute atomic E-state index is 13.1. The number of aliphatic imine (C=N–C) groups is 1. The van der Waals surface area contributed by atoms with Crippen molar-refractivity contribution in [3.63, 3.8) is 0 Å². The van der Waals surface area contributed by atoms with Crippen molar-refractivity contribution in [1.82, 2.24) is 20.0 Å². The topological polar surface area (TPSA) is 48.7 Å². The van der Waals surface area contributed by atoms with Crippen LogP contribution in [0.15, 0.2) is 35.3 Å². The fourth-order valence-corrected chi connectivity index (χ4v) is 3.56. The van der Waals surface area contributed by atoms with Crippen LogP contribution < -0.4 is 10.2 Å². The highest BCUT2D eigenvalue weighted by molar-refractivity contribution is 5.80. The van der Waals surface area contributed by atoms with Crippen molar-refractivity contribution in [3.8, 4) is 0 Å². The van der Waals surface area contributed by atoms with Gasteiger partial charge in [0.2, 0.25) is 0 Å². The van der Waals surface area contributed by atoms with Crippen molar-refractivity contribution in [2.75, 3.05) is 44.2 Å². The van der Waals surface area contributed by atoms with Crippen LogP contribution in [0.1, 0.15) is 24.7 Å². The molecule has 6 nitrogen and oxygen atoms in total. The Morgan fingerprint density at radius 1 is 1.14 bits per heavy atom. The molecule has 0 saturated carbocycles. The van der Waals surface area contributed by atoms with E-state index in [2.05, 4.69) is 44.8 Å². The Hall–Kier alpha value is -2.57. The lowest BCUT2D eigenvalue weighted by Crippen LogP contribution is -2.52. The molecule has 3 rings (SSSR count). The molecule has 2 heterocycles. The van der Waals surface area contributed by atoms with Crippen molar-refractivity contribution < 1.29 is 4.39 Å². The predicted octanol–water partition coefficient (Wildman–Crippen LogP) is 2.82. The molecule has 0 aliphatic carbocycles. The number of nitrogens with zero attached hydrogens (tertiary/aromatic N) is 5. The molecule has 28 heavy (non-hydrogen) atoms. The molecular formula is C21H31FN6. The Balaban J connectivity index is 1.51. The summed E-state index contributed by atoms with van der Waals surface area (Å²) < 4.78 is 15.2. The first-order chi connectivity index (χ1) is 13.6. The fraction of sp³-hybridized carbons (Fsp3) is 0.524. The SMILES string of the molecule is CCNC(=NCCCn1nc(C)cc1C)N1CCN(c2ccc(F)cc2)CC1. The number of anilines is 1. The fourth-order valence-electron chi connectivity index (χ4n) is 3.56. The molecule has 0 unspecified atom stereocenters. The van der Waals surface area contributed by atoms with E-state index in [-0.39, 0.29) is 5.82 Å². The first-order valence-electron chi connectivity index (χ1n) is 10.1. The van der Waals surface area contributed by atoms with Crippen LogP contribution in [0.4, 0.5) is 10.1 Å². The lowest BCUT2D eigenvalue weighted by atomic mass is 10.2. The molecular weight excluding hydrogens is 355 g/mol. The Morgan fingerprint density at radius 3 is 2.46 bits per heavy atom. The number of hydrogen-bond acceptors (Lipinski definition) is 3. The van der Waals surface area contributed by atoms with Crippen LogP contribution in [0.3, 0.4) is 0 Å². The zero-order valence-electron chi connectivity index (χ0n) is 17.2. The summed E-state index contributed by atoms with van der Waals surface area (Å²) in [6, 6.07) is 8.85. The normalized spacial score (nSPS) is 15.2. The van der Waals surface area contributed by atoms with E-state index in [1.165, 1.54) is 17.8 Å². The van der Waals surface area contributed by atoms with Crippen molar-refractivity contribution in [3.05, 3.63) is 47.5 Å². The number of halogens is 1. The summed E-state index contributed by atoms with van der Waals surface area (Å²) in [5.74, 6) is 0.791. The maximum Gasteiger partial charge on any atom is 0.194 e. The number of hydrogen-bond donors (Lipinski definition) is 1. The predicted molar refractivity (Wildman–Crippen MR) is 112 cm³/mol. The van der Waals surface area contributed by atoms with Gasteiger partial charge in [0.1, 0.15) is 5.82 Å². The van der Waals surface area contributed by atoms with Crippen LogP contribution in [0.25, 0.3) is 0 Å². The third kappa shape index (κ3) is 5.24. The monoisotopic (exact) mass is 386 g/mol. The smallest absolute Gasteiger partial charge is 0.194 e. The van der Waals surface area contributed by atoms with Crippen LogP contribution in [0.2, 0.25) is 0 Å². The van der Waals surface area contributed by atoms with Crippen molar-refractivity contribution in [1.29, 1.82) is 0 Å². The standard InChI is InChI=1S/C21H31FN6/c1-4-23-21(24-10-5-11-28-18(3)16-17(2)25-28)27-14-12-26(13-15-27)20-8-6-19(22)7-9-20/h6-9,16H,4-5,10-15H2,1-3H3,(H,23,24). The second-order valence-corrected chi connectivity index (χ2v) is 7.19. The van der Waals surface area contributed by atoms with Crippen molar-refractivity contribution >= 4 is 11.6 Å². The third-order valence-corrected chi connectivity index (χ3v) is 5.00. The molecule has 7 heteroatoms. The molecule has 152 valence electrons. The van der Waals surface area contributed by atoms with E-state index in [9.17, 15) is 4.39 Å². The molecule has 0 atom stereocenters. The highest BCUT2D eigenvalue weighted by Crippen LogP contribution is 2.17. The number of benzene rings is 1. The van der Waals surface area contributed by atoms with Gasteiger partial charge in [0.15, 0.2) is 5.96 Å². The van der Waals surface area contributed by atoms with Gasteiger partial charge in [0, 0.05) is 57.2 Å². The number of rotatable bonds is 6. The zero-order valence-corrected chi connectivity index (χ0v) is 17.2. The van der Waals surface area contributed by atoms with E-state index in [4.69, 9.17) is 4.99 Å². The van der Waals surface area contributed by atoms with Crippen molar-refractivity contribution in [2.45, 2.75) is 33.7 Å². The van der Waals surface area contributed by atoms with Crippen LogP contribution in [0, 0.1) is 19.7 Å². The lowest BCUT2D eigenvalue weighted by molar-refractivity contribution is 0.372. The number of aryl methyl sites for hydroxylation is 3. The molecule has 1 fully saturated rings. The van der Waals surface area contributed by atoms with Gasteiger partial charge in [0.05, 0.1) is 5.69 Å². The summed E-state index contributed by atoms with van der Waals surface area (Å²) in [6.07, 6.45) is 0.965. The second-order valence-electron chi connectivity index (χ2n) is 7.19. The van der Waals surface area contributed by atoms with Gasteiger partial charge in [-0.1, -0.05) is 0 Å². The van der Waals surface area contributed by atoms with Crippen LogP contribution in [-0.4, -0.2) is 59.9 Å². The Morgan fingerprint density at radius 2 is 1.86 bits per heavy atom. The van der Waals surface area contributed by atoms with Gasteiger partial charge >= 0.3 is 0 Å². The minimum absolute atomic E-state index is 0.190. The molecule has 1 aromatic carbocycles. The summed E-state index contributed by atoms with van der Waals surface area (Å²) >= 11 is 0. The number of aromatic nitrogens is 2. The van der Waals surface area contributed by atoms with E-state index in [0.717, 1.165) is 69.6 Å². The van der Waals surface area contributed by atoms with Gasteiger partial charge in [-0.15, -0.1) is 0 Å². The number of piperazine rings is 1. The van der Waals surface area contributed by atoms with Crippen LogP contribution in [-0.2, 0) is 6.54 Å². The van der Waals surface area contributed by atoms with E-state index in [0.29, 0.717) is 0 Å². The van der Waals surface area contributed by atoms with Gasteiger partial charge in [-0.25, -0.2) is 4.39 Å². The first-order valence-corrected chi connectivity index (χ1v) is 10.1. The molecule has 1 aliphatic rings. The minimum Gasteiger partial charge on any atom is -0.368 e. The first kappa shape index (κ1) is 20.2. The van der Waals surface area contributed by atoms with Gasteiger partial charge in [-0.3, -0.25) is 9.67 Å². The molecule has 0 amide bonds. The lowest BCUT2D eigenvalue weighted by Gasteiger charge is -2.37. The largest absolute Gasteiger partial charge is 0.368 e. The summed E-state index contributed by atoms with van der Waals surface area (Å²) in [7, 11) is 0. The molecule has 1 saturated heterocycles. The van der Waals surface area contributed by atoms with Gasteiger partial charge in [-0.05, 0) is 57.5 Å². The molecule has 0 bridgehead atoms. The summed E-state index contributed by atoms with van der Waals surface area (Å²) in [6.45, 7) is 12.4. The molecule has 1 aromatic heterocycles. The number of guanidine groups is 1. The third-order valence-electron chi connectivity index (χ3n) is 5.00. The van der Waals surface area contributed by atoms with Crippen LogP contribution >= 0.6 is 0 Å². The van der Waals surface area contributed by atoms with E-state index >= 15 is 0 Å². The minimum atomic E-state index is -0.190. The Labute approximate surface area is 167 Å². The molecule has 1 aliphatic heterocycles. The highest BCUT2D eigenvalue weighted by Gasteiger charge is 2.19. The van der Waals surface area contributed by atoms with E-state index in [1.54, 1.807) is 0 Å². The van der Waals surface area contributed by atoms with Gasteiger partial charge < -0.3 is 15.1 Å². The average molecular weight is 387 g/mol. The quantitative estimate of drug-likeness (QED) is 0.471.